The Bertz CT molecular complexity index is 945. The lowest BCUT2D eigenvalue weighted by molar-refractivity contribution is -0.118. The Hall–Kier alpha value is -3.62. The van der Waals surface area contributed by atoms with Crippen LogP contribution in [0.3, 0.4) is 0 Å². The molecule has 2 aromatic carbocycles. The monoisotopic (exact) mass is 372 g/mol. The maximum atomic E-state index is 13.5. The number of halogens is 1. The van der Waals surface area contributed by atoms with Gasteiger partial charge in [-0.05, 0) is 24.3 Å². The maximum Gasteiger partial charge on any atom is 0.264 e. The standard InChI is InChI=1S/C18H17FN4O4/c1-25-11-7-8-12(15(9-11)26-2)17-21-18(23-22-17)20-16(24)10-27-14-6-4-3-5-13(14)19/h3-9H,10H2,1-2H3,(H2,20,21,22,23,24). The second-order valence-electron chi connectivity index (χ2n) is 5.34. The van der Waals surface area contributed by atoms with Crippen LogP contribution in [0.25, 0.3) is 11.4 Å². The molecule has 0 aliphatic heterocycles. The fraction of sp³-hybridized carbons (Fsp3) is 0.167. The normalized spacial score (nSPS) is 10.3. The van der Waals surface area contributed by atoms with Crippen LogP contribution >= 0.6 is 0 Å². The van der Waals surface area contributed by atoms with E-state index in [1.807, 2.05) is 0 Å². The molecule has 0 unspecified atom stereocenters. The topological polar surface area (TPSA) is 98.4 Å². The van der Waals surface area contributed by atoms with E-state index in [9.17, 15) is 9.18 Å². The lowest BCUT2D eigenvalue weighted by Crippen LogP contribution is -2.21. The number of aromatic amines is 1. The van der Waals surface area contributed by atoms with E-state index in [1.165, 1.54) is 25.3 Å². The molecular weight excluding hydrogens is 355 g/mol. The van der Waals surface area contributed by atoms with Crippen LogP contribution in [0, 0.1) is 5.82 Å². The summed E-state index contributed by atoms with van der Waals surface area (Å²) in [6, 6.07) is 11.0. The Morgan fingerprint density at radius 3 is 2.70 bits per heavy atom. The van der Waals surface area contributed by atoms with Gasteiger partial charge in [0.05, 0.1) is 19.8 Å². The van der Waals surface area contributed by atoms with Crippen molar-refractivity contribution >= 4 is 11.9 Å². The van der Waals surface area contributed by atoms with E-state index in [4.69, 9.17) is 14.2 Å². The van der Waals surface area contributed by atoms with E-state index in [1.54, 1.807) is 31.4 Å². The van der Waals surface area contributed by atoms with E-state index in [0.29, 0.717) is 22.9 Å². The van der Waals surface area contributed by atoms with E-state index in [-0.39, 0.29) is 18.3 Å². The summed E-state index contributed by atoms with van der Waals surface area (Å²) in [7, 11) is 3.08. The second kappa shape index (κ2) is 8.17. The smallest absolute Gasteiger partial charge is 0.264 e. The Morgan fingerprint density at radius 2 is 1.96 bits per heavy atom. The number of carbonyl (C=O) groups excluding carboxylic acids is 1. The minimum Gasteiger partial charge on any atom is -0.497 e. The van der Waals surface area contributed by atoms with Crippen LogP contribution in [0.4, 0.5) is 10.3 Å². The molecular formula is C18H17FN4O4. The molecule has 3 aromatic rings. The quantitative estimate of drug-likeness (QED) is 0.662. The summed E-state index contributed by atoms with van der Waals surface area (Å²) >= 11 is 0. The number of ether oxygens (including phenoxy) is 3. The number of amides is 1. The SMILES string of the molecule is COc1ccc(-c2nc(NC(=O)COc3ccccc3F)n[nH]2)c(OC)c1. The molecule has 0 bridgehead atoms. The number of nitrogens with one attached hydrogen (secondary N) is 2. The number of anilines is 1. The lowest BCUT2D eigenvalue weighted by atomic mass is 10.2. The predicted molar refractivity (Wildman–Crippen MR) is 95.4 cm³/mol. The molecule has 1 heterocycles. The molecule has 3 rings (SSSR count). The van der Waals surface area contributed by atoms with Crippen molar-refractivity contribution in [3.8, 4) is 28.6 Å². The number of rotatable bonds is 7. The molecule has 27 heavy (non-hydrogen) atoms. The van der Waals surface area contributed by atoms with Gasteiger partial charge in [0.25, 0.3) is 5.91 Å². The number of para-hydroxylation sites is 1. The van der Waals surface area contributed by atoms with Gasteiger partial charge in [-0.15, -0.1) is 5.10 Å². The maximum absolute atomic E-state index is 13.5. The Morgan fingerprint density at radius 1 is 1.15 bits per heavy atom. The number of nitrogens with zero attached hydrogens (tertiary/aromatic N) is 2. The minimum atomic E-state index is -0.544. The average Bonchev–Trinajstić information content (AvgIpc) is 3.15. The van der Waals surface area contributed by atoms with Gasteiger partial charge >= 0.3 is 0 Å². The van der Waals surface area contributed by atoms with Gasteiger partial charge in [-0.3, -0.25) is 15.2 Å². The molecule has 9 heteroatoms. The highest BCUT2D eigenvalue weighted by Gasteiger charge is 2.14. The summed E-state index contributed by atoms with van der Waals surface area (Å²) < 4.78 is 29.1. The molecule has 0 saturated heterocycles. The number of methoxy groups -OCH3 is 2. The van der Waals surface area contributed by atoms with Crippen molar-refractivity contribution < 1.29 is 23.4 Å². The third-order valence-electron chi connectivity index (χ3n) is 3.60. The highest BCUT2D eigenvalue weighted by Crippen LogP contribution is 2.31. The third kappa shape index (κ3) is 4.32. The summed E-state index contributed by atoms with van der Waals surface area (Å²) in [6.07, 6.45) is 0. The first kappa shape index (κ1) is 18.2. The van der Waals surface area contributed by atoms with Crippen molar-refractivity contribution in [1.29, 1.82) is 0 Å². The van der Waals surface area contributed by atoms with Gasteiger partial charge in [-0.2, -0.15) is 4.98 Å². The predicted octanol–water partition coefficient (Wildman–Crippen LogP) is 2.65. The first-order chi connectivity index (χ1) is 13.1. The molecule has 0 radical (unpaired) electrons. The molecule has 8 nitrogen and oxygen atoms in total. The first-order valence-corrected chi connectivity index (χ1v) is 7.92. The van der Waals surface area contributed by atoms with E-state index in [2.05, 4.69) is 20.5 Å². The highest BCUT2D eigenvalue weighted by molar-refractivity contribution is 5.90. The Kier molecular flexibility index (Phi) is 5.50. The number of hydrogen-bond acceptors (Lipinski definition) is 6. The molecule has 0 saturated carbocycles. The average molecular weight is 372 g/mol. The molecule has 0 atom stereocenters. The zero-order valence-corrected chi connectivity index (χ0v) is 14.7. The summed E-state index contributed by atoms with van der Waals surface area (Å²) in [5.41, 5.74) is 0.647. The molecule has 1 amide bonds. The van der Waals surface area contributed by atoms with Crippen molar-refractivity contribution in [2.75, 3.05) is 26.1 Å². The summed E-state index contributed by atoms with van der Waals surface area (Å²) in [4.78, 5) is 16.2. The number of H-pyrrole nitrogens is 1. The molecule has 0 aliphatic rings. The van der Waals surface area contributed by atoms with Crippen molar-refractivity contribution in [3.05, 3.63) is 48.3 Å². The first-order valence-electron chi connectivity index (χ1n) is 7.92. The van der Waals surface area contributed by atoms with Crippen LogP contribution in [0.1, 0.15) is 0 Å². The Labute approximate surface area is 154 Å². The van der Waals surface area contributed by atoms with Crippen LogP contribution in [0.15, 0.2) is 42.5 Å². The molecule has 0 aliphatic carbocycles. The van der Waals surface area contributed by atoms with Gasteiger partial charge in [0, 0.05) is 6.07 Å². The van der Waals surface area contributed by atoms with E-state index >= 15 is 0 Å². The van der Waals surface area contributed by atoms with Crippen molar-refractivity contribution in [3.63, 3.8) is 0 Å². The van der Waals surface area contributed by atoms with Crippen LogP contribution < -0.4 is 19.5 Å². The van der Waals surface area contributed by atoms with Gasteiger partial charge in [0.15, 0.2) is 24.0 Å². The van der Waals surface area contributed by atoms with E-state index in [0.717, 1.165) is 0 Å². The van der Waals surface area contributed by atoms with Gasteiger partial charge in [0.1, 0.15) is 11.5 Å². The minimum absolute atomic E-state index is 0.00806. The zero-order valence-electron chi connectivity index (χ0n) is 14.7. The fourth-order valence-electron chi connectivity index (χ4n) is 2.30. The molecule has 0 fully saturated rings. The van der Waals surface area contributed by atoms with Crippen molar-refractivity contribution in [2.45, 2.75) is 0 Å². The van der Waals surface area contributed by atoms with Crippen molar-refractivity contribution in [2.24, 2.45) is 0 Å². The van der Waals surface area contributed by atoms with Gasteiger partial charge in [-0.1, -0.05) is 12.1 Å². The van der Waals surface area contributed by atoms with Crippen LogP contribution in [-0.2, 0) is 4.79 Å². The number of hydrogen-bond donors (Lipinski definition) is 2. The van der Waals surface area contributed by atoms with Crippen LogP contribution in [-0.4, -0.2) is 41.9 Å². The molecule has 0 spiro atoms. The van der Waals surface area contributed by atoms with Gasteiger partial charge < -0.3 is 14.2 Å². The Balaban J connectivity index is 1.66. The zero-order chi connectivity index (χ0) is 19.2. The molecule has 1 aromatic heterocycles. The lowest BCUT2D eigenvalue weighted by Gasteiger charge is -2.08. The largest absolute Gasteiger partial charge is 0.497 e. The van der Waals surface area contributed by atoms with E-state index < -0.39 is 11.7 Å². The second-order valence-corrected chi connectivity index (χ2v) is 5.34. The fourth-order valence-corrected chi connectivity index (χ4v) is 2.30. The highest BCUT2D eigenvalue weighted by atomic mass is 19.1. The molecule has 140 valence electrons. The summed E-state index contributed by atoms with van der Waals surface area (Å²) in [5, 5.41) is 9.14. The summed E-state index contributed by atoms with van der Waals surface area (Å²) in [6.45, 7) is -0.378. The number of carbonyl (C=O) groups is 1. The van der Waals surface area contributed by atoms with Gasteiger partial charge in [0.2, 0.25) is 5.95 Å². The molecule has 2 N–H and O–H groups in total. The summed E-state index contributed by atoms with van der Waals surface area (Å²) in [5.74, 6) is 0.555. The number of aromatic nitrogens is 3. The van der Waals surface area contributed by atoms with Crippen LogP contribution in [0.2, 0.25) is 0 Å². The van der Waals surface area contributed by atoms with Crippen molar-refractivity contribution in [1.82, 2.24) is 15.2 Å². The van der Waals surface area contributed by atoms with Crippen LogP contribution in [0.5, 0.6) is 17.2 Å². The number of benzene rings is 2. The third-order valence-corrected chi connectivity index (χ3v) is 3.60. The van der Waals surface area contributed by atoms with Gasteiger partial charge in [-0.25, -0.2) is 4.39 Å².